The molecule has 0 atom stereocenters. The van der Waals surface area contributed by atoms with Crippen LogP contribution >= 0.6 is 23.2 Å². The summed E-state index contributed by atoms with van der Waals surface area (Å²) in [6, 6.07) is 6.91. The van der Waals surface area contributed by atoms with Gasteiger partial charge in [-0.15, -0.1) is 0 Å². The van der Waals surface area contributed by atoms with Crippen LogP contribution in [-0.2, 0) is 0 Å². The number of nitriles is 1. The highest BCUT2D eigenvalue weighted by Gasteiger charge is 2.05. The van der Waals surface area contributed by atoms with Gasteiger partial charge in [-0.2, -0.15) is 5.26 Å². The largest absolute Gasteiger partial charge is 0.398 e. The van der Waals surface area contributed by atoms with Gasteiger partial charge < -0.3 is 5.73 Å². The van der Waals surface area contributed by atoms with Gasteiger partial charge in [-0.05, 0) is 6.07 Å². The van der Waals surface area contributed by atoms with Crippen LogP contribution < -0.4 is 5.73 Å². The van der Waals surface area contributed by atoms with Crippen LogP contribution in [0.1, 0.15) is 5.56 Å². The lowest BCUT2D eigenvalue weighted by Crippen LogP contribution is -1.96. The summed E-state index contributed by atoms with van der Waals surface area (Å²) in [5.74, 6) is 0. The zero-order valence-corrected chi connectivity index (χ0v) is 8.10. The Kier molecular flexibility index (Phi) is 3.18. The molecule has 0 aliphatic rings. The maximum atomic E-state index is 8.38. The van der Waals surface area contributed by atoms with Gasteiger partial charge >= 0.3 is 0 Å². The first-order valence-corrected chi connectivity index (χ1v) is 4.22. The third kappa shape index (κ3) is 2.15. The number of nitrogens with two attached hydrogens (primary N) is 1. The zero-order chi connectivity index (χ0) is 9.84. The van der Waals surface area contributed by atoms with Crippen molar-refractivity contribution in [3.05, 3.63) is 39.9 Å². The molecule has 13 heavy (non-hydrogen) atoms. The second kappa shape index (κ2) is 4.18. The highest BCUT2D eigenvalue weighted by molar-refractivity contribution is 6.43. The second-order valence-corrected chi connectivity index (χ2v) is 3.12. The Morgan fingerprint density at radius 1 is 1.46 bits per heavy atom. The fourth-order valence-corrected chi connectivity index (χ4v) is 1.28. The zero-order valence-electron chi connectivity index (χ0n) is 6.59. The lowest BCUT2D eigenvalue weighted by atomic mass is 10.1. The van der Waals surface area contributed by atoms with Gasteiger partial charge in [-0.3, -0.25) is 0 Å². The Morgan fingerprint density at radius 3 is 2.77 bits per heavy atom. The fraction of sp³-hybridized carbons (Fsp3) is 0. The second-order valence-electron chi connectivity index (χ2n) is 2.33. The molecule has 2 nitrogen and oxygen atoms in total. The number of allylic oxidation sites excluding steroid dienone is 1. The van der Waals surface area contributed by atoms with Crippen molar-refractivity contribution in [3.63, 3.8) is 0 Å². The van der Waals surface area contributed by atoms with Crippen molar-refractivity contribution in [1.82, 2.24) is 0 Å². The summed E-state index contributed by atoms with van der Waals surface area (Å²) >= 11 is 11.6. The summed E-state index contributed by atoms with van der Waals surface area (Å²) in [5.41, 5.74) is 6.46. The van der Waals surface area contributed by atoms with Gasteiger partial charge in [-0.1, -0.05) is 35.3 Å². The molecule has 0 heterocycles. The molecule has 0 fully saturated rings. The van der Waals surface area contributed by atoms with Crippen molar-refractivity contribution in [2.45, 2.75) is 0 Å². The van der Waals surface area contributed by atoms with Crippen molar-refractivity contribution < 1.29 is 0 Å². The molecule has 66 valence electrons. The van der Waals surface area contributed by atoms with Crippen molar-refractivity contribution in [3.8, 4) is 6.07 Å². The minimum absolute atomic E-state index is 0.315. The standard InChI is InChI=1S/C9H6Cl2N2/c10-7-3-1-2-6(9(7)11)8(13)4-5-12/h1-4H,13H2/b8-4+. The first kappa shape index (κ1) is 9.91. The predicted molar refractivity (Wildman–Crippen MR) is 54.2 cm³/mol. The molecular formula is C9H6Cl2N2. The molecule has 0 saturated heterocycles. The summed E-state index contributed by atoms with van der Waals surface area (Å²) in [6.45, 7) is 0. The van der Waals surface area contributed by atoms with Crippen LogP contribution in [0.2, 0.25) is 10.0 Å². The monoisotopic (exact) mass is 212 g/mol. The van der Waals surface area contributed by atoms with Crippen LogP contribution in [-0.4, -0.2) is 0 Å². The van der Waals surface area contributed by atoms with E-state index in [-0.39, 0.29) is 0 Å². The van der Waals surface area contributed by atoms with E-state index < -0.39 is 0 Å². The van der Waals surface area contributed by atoms with Crippen molar-refractivity contribution in [2.24, 2.45) is 5.73 Å². The quantitative estimate of drug-likeness (QED) is 0.729. The Labute approximate surface area is 86.2 Å². The number of nitrogens with zero attached hydrogens (tertiary/aromatic N) is 1. The molecule has 0 radical (unpaired) electrons. The molecule has 0 unspecified atom stereocenters. The van der Waals surface area contributed by atoms with Gasteiger partial charge in [-0.25, -0.2) is 0 Å². The van der Waals surface area contributed by atoms with Gasteiger partial charge in [0, 0.05) is 11.6 Å². The van der Waals surface area contributed by atoms with E-state index in [1.54, 1.807) is 18.2 Å². The molecule has 2 N–H and O–H groups in total. The molecular weight excluding hydrogens is 207 g/mol. The van der Waals surface area contributed by atoms with E-state index in [1.807, 2.05) is 6.07 Å². The Morgan fingerprint density at radius 2 is 2.15 bits per heavy atom. The number of benzene rings is 1. The van der Waals surface area contributed by atoms with Crippen LogP contribution in [0.4, 0.5) is 0 Å². The lowest BCUT2D eigenvalue weighted by molar-refractivity contribution is 1.49. The Bertz CT molecular complexity index is 391. The van der Waals surface area contributed by atoms with Crippen molar-refractivity contribution in [1.29, 1.82) is 5.26 Å². The van der Waals surface area contributed by atoms with Gasteiger partial charge in [0.25, 0.3) is 0 Å². The normalized spacial score (nSPS) is 11.0. The van der Waals surface area contributed by atoms with E-state index in [2.05, 4.69) is 0 Å². The molecule has 0 spiro atoms. The first-order valence-electron chi connectivity index (χ1n) is 3.46. The minimum atomic E-state index is 0.315. The Hall–Kier alpha value is -1.17. The van der Waals surface area contributed by atoms with Gasteiger partial charge in [0.15, 0.2) is 0 Å². The predicted octanol–water partition coefficient (Wildman–Crippen LogP) is 2.82. The van der Waals surface area contributed by atoms with E-state index in [4.69, 9.17) is 34.2 Å². The molecule has 0 aliphatic heterocycles. The molecule has 1 rings (SSSR count). The minimum Gasteiger partial charge on any atom is -0.398 e. The molecule has 0 aliphatic carbocycles. The molecule has 0 saturated carbocycles. The summed E-state index contributed by atoms with van der Waals surface area (Å²) in [5, 5.41) is 9.17. The molecule has 0 aromatic heterocycles. The number of hydrogen-bond acceptors (Lipinski definition) is 2. The fourth-order valence-electron chi connectivity index (χ4n) is 0.874. The van der Waals surface area contributed by atoms with Crippen LogP contribution in [0.25, 0.3) is 5.70 Å². The van der Waals surface area contributed by atoms with Crippen molar-refractivity contribution in [2.75, 3.05) is 0 Å². The summed E-state index contributed by atoms with van der Waals surface area (Å²) in [4.78, 5) is 0. The van der Waals surface area contributed by atoms with Gasteiger partial charge in [0.1, 0.15) is 0 Å². The van der Waals surface area contributed by atoms with E-state index in [0.717, 1.165) is 0 Å². The lowest BCUT2D eigenvalue weighted by Gasteiger charge is -2.03. The highest BCUT2D eigenvalue weighted by atomic mass is 35.5. The van der Waals surface area contributed by atoms with Crippen molar-refractivity contribution >= 4 is 28.9 Å². The summed E-state index contributed by atoms with van der Waals surface area (Å²) < 4.78 is 0. The first-order chi connectivity index (χ1) is 6.16. The third-order valence-corrected chi connectivity index (χ3v) is 2.30. The molecule has 4 heteroatoms. The SMILES string of the molecule is N#C/C=C(/N)c1cccc(Cl)c1Cl. The van der Waals surface area contributed by atoms with E-state index in [1.165, 1.54) is 6.08 Å². The average Bonchev–Trinajstić information content (AvgIpc) is 2.10. The maximum Gasteiger partial charge on any atom is 0.0933 e. The third-order valence-electron chi connectivity index (χ3n) is 1.48. The van der Waals surface area contributed by atoms with Crippen LogP contribution in [0.3, 0.4) is 0 Å². The average molecular weight is 213 g/mol. The molecule has 1 aromatic carbocycles. The van der Waals surface area contributed by atoms with E-state index >= 15 is 0 Å². The van der Waals surface area contributed by atoms with E-state index in [9.17, 15) is 0 Å². The molecule has 0 amide bonds. The smallest absolute Gasteiger partial charge is 0.0933 e. The number of hydrogen-bond donors (Lipinski definition) is 1. The summed E-state index contributed by atoms with van der Waals surface area (Å²) in [6.07, 6.45) is 1.22. The summed E-state index contributed by atoms with van der Waals surface area (Å²) in [7, 11) is 0. The van der Waals surface area contributed by atoms with Crippen LogP contribution in [0.15, 0.2) is 24.3 Å². The topological polar surface area (TPSA) is 49.8 Å². The Balaban J connectivity index is 3.25. The van der Waals surface area contributed by atoms with Gasteiger partial charge in [0.05, 0.1) is 21.8 Å². The van der Waals surface area contributed by atoms with Crippen LogP contribution in [0.5, 0.6) is 0 Å². The molecule has 0 bridgehead atoms. The number of rotatable bonds is 1. The van der Waals surface area contributed by atoms with E-state index in [0.29, 0.717) is 21.3 Å². The van der Waals surface area contributed by atoms with Crippen LogP contribution in [0, 0.1) is 11.3 Å². The van der Waals surface area contributed by atoms with Gasteiger partial charge in [0.2, 0.25) is 0 Å². The molecule has 1 aromatic rings. The number of halogens is 2. The highest BCUT2D eigenvalue weighted by Crippen LogP contribution is 2.28. The maximum absolute atomic E-state index is 8.38.